The van der Waals surface area contributed by atoms with Crippen molar-refractivity contribution in [2.75, 3.05) is 13.2 Å². The van der Waals surface area contributed by atoms with Crippen molar-refractivity contribution in [2.45, 2.75) is 53.8 Å². The molecule has 0 aliphatic carbocycles. The summed E-state index contributed by atoms with van der Waals surface area (Å²) < 4.78 is 13.6. The van der Waals surface area contributed by atoms with E-state index >= 15 is 0 Å². The number of rotatable bonds is 11. The van der Waals surface area contributed by atoms with E-state index in [0.717, 1.165) is 21.5 Å². The highest BCUT2D eigenvalue weighted by molar-refractivity contribution is 7.20. The Kier molecular flexibility index (Phi) is 8.86. The number of carboxylic acids is 1. The lowest BCUT2D eigenvalue weighted by Gasteiger charge is -2.21. The summed E-state index contributed by atoms with van der Waals surface area (Å²) in [4.78, 5) is 52.0. The number of esters is 1. The highest BCUT2D eigenvalue weighted by atomic mass is 32.1. The Morgan fingerprint density at radius 3 is 2.31 bits per heavy atom. The van der Waals surface area contributed by atoms with E-state index in [2.05, 4.69) is 0 Å². The van der Waals surface area contributed by atoms with Gasteiger partial charge >= 0.3 is 17.6 Å². The number of aromatic nitrogens is 2. The maximum atomic E-state index is 13.7. The first-order valence-electron chi connectivity index (χ1n) is 11.9. The van der Waals surface area contributed by atoms with Crippen molar-refractivity contribution in [3.8, 4) is 0 Å². The van der Waals surface area contributed by atoms with Crippen molar-refractivity contribution in [2.24, 2.45) is 11.8 Å². The number of ether oxygens (including phenoxy) is 2. The summed E-state index contributed by atoms with van der Waals surface area (Å²) in [5.41, 5.74) is 0.0199. The SMILES string of the molecule is CCOC(=O)c1sc2c(c1C)c(=O)n(C[C@H](OCC(C)C)c1ccccc1)c(=O)n2CC(C)C(=O)O. The minimum atomic E-state index is -1.07. The maximum Gasteiger partial charge on any atom is 0.348 e. The van der Waals surface area contributed by atoms with Gasteiger partial charge in [0.2, 0.25) is 0 Å². The van der Waals surface area contributed by atoms with Gasteiger partial charge in [0.15, 0.2) is 0 Å². The fourth-order valence-electron chi connectivity index (χ4n) is 3.86. The summed E-state index contributed by atoms with van der Waals surface area (Å²) in [7, 11) is 0. The molecule has 0 saturated carbocycles. The van der Waals surface area contributed by atoms with Crippen molar-refractivity contribution in [1.82, 2.24) is 9.13 Å². The quantitative estimate of drug-likeness (QED) is 0.385. The molecular formula is C26H32N2O7S. The van der Waals surface area contributed by atoms with Gasteiger partial charge in [0.1, 0.15) is 15.8 Å². The number of nitrogens with zero attached hydrogens (tertiary/aromatic N) is 2. The maximum absolute atomic E-state index is 13.7. The lowest BCUT2D eigenvalue weighted by atomic mass is 10.1. The van der Waals surface area contributed by atoms with Crippen molar-refractivity contribution >= 4 is 33.5 Å². The first-order valence-corrected chi connectivity index (χ1v) is 12.7. The number of carboxylic acid groups (broad SMARTS) is 1. The van der Waals surface area contributed by atoms with Crippen LogP contribution in [0.25, 0.3) is 10.2 Å². The molecule has 194 valence electrons. The lowest BCUT2D eigenvalue weighted by Crippen LogP contribution is -2.42. The summed E-state index contributed by atoms with van der Waals surface area (Å²) in [6.07, 6.45) is -0.578. The molecule has 1 N–H and O–H groups in total. The summed E-state index contributed by atoms with van der Waals surface area (Å²) in [5, 5.41) is 9.69. The summed E-state index contributed by atoms with van der Waals surface area (Å²) in [6.45, 7) is 9.18. The standard InChI is InChI=1S/C26H32N2O7S/c1-6-34-25(32)21-17(5)20-22(29)27(26(33)28(23(20)36-21)12-16(4)24(30)31)13-19(35-14-15(2)3)18-10-8-7-9-11-18/h7-11,15-16,19H,6,12-14H2,1-5H3,(H,30,31)/t16?,19-/m0/s1. The zero-order chi connectivity index (χ0) is 26.6. The van der Waals surface area contributed by atoms with Gasteiger partial charge in [-0.25, -0.2) is 9.59 Å². The lowest BCUT2D eigenvalue weighted by molar-refractivity contribution is -0.141. The number of aryl methyl sites for hydroxylation is 1. The smallest absolute Gasteiger partial charge is 0.348 e. The molecule has 0 spiro atoms. The van der Waals surface area contributed by atoms with Gasteiger partial charge in [-0.15, -0.1) is 11.3 Å². The Labute approximate surface area is 212 Å². The van der Waals surface area contributed by atoms with Gasteiger partial charge in [-0.2, -0.15) is 0 Å². The highest BCUT2D eigenvalue weighted by Crippen LogP contribution is 2.29. The topological polar surface area (TPSA) is 117 Å². The zero-order valence-corrected chi connectivity index (χ0v) is 22.0. The molecule has 2 atom stereocenters. The van der Waals surface area contributed by atoms with Crippen LogP contribution in [-0.2, 0) is 27.4 Å². The molecule has 2 aromatic heterocycles. The Hall–Kier alpha value is -3.24. The van der Waals surface area contributed by atoms with Crippen molar-refractivity contribution in [3.05, 3.63) is 67.2 Å². The average Bonchev–Trinajstić information content (AvgIpc) is 3.18. The molecule has 9 nitrogen and oxygen atoms in total. The first kappa shape index (κ1) is 27.3. The second-order valence-electron chi connectivity index (χ2n) is 9.13. The second kappa shape index (κ2) is 11.7. The molecule has 0 aliphatic heterocycles. The van der Waals surface area contributed by atoms with E-state index in [4.69, 9.17) is 9.47 Å². The van der Waals surface area contributed by atoms with Crippen molar-refractivity contribution < 1.29 is 24.2 Å². The van der Waals surface area contributed by atoms with E-state index in [-0.39, 0.29) is 40.7 Å². The number of hydrogen-bond acceptors (Lipinski definition) is 7. The van der Waals surface area contributed by atoms with E-state index in [1.807, 2.05) is 44.2 Å². The molecule has 0 saturated heterocycles. The molecular weight excluding hydrogens is 484 g/mol. The van der Waals surface area contributed by atoms with Crippen LogP contribution >= 0.6 is 11.3 Å². The largest absolute Gasteiger partial charge is 0.481 e. The number of thiophene rings is 1. The molecule has 0 fully saturated rings. The second-order valence-corrected chi connectivity index (χ2v) is 10.1. The molecule has 3 aromatic rings. The van der Waals surface area contributed by atoms with Gasteiger partial charge in [0.25, 0.3) is 5.56 Å². The third kappa shape index (κ3) is 5.76. The van der Waals surface area contributed by atoms with Crippen LogP contribution in [-0.4, -0.2) is 39.4 Å². The average molecular weight is 517 g/mol. The van der Waals surface area contributed by atoms with Crippen LogP contribution in [0.15, 0.2) is 39.9 Å². The van der Waals surface area contributed by atoms with Gasteiger partial charge in [-0.05, 0) is 30.9 Å². The monoisotopic (exact) mass is 516 g/mol. The predicted octanol–water partition coefficient (Wildman–Crippen LogP) is 3.84. The summed E-state index contributed by atoms with van der Waals surface area (Å²) >= 11 is 0.970. The zero-order valence-electron chi connectivity index (χ0n) is 21.1. The van der Waals surface area contributed by atoms with E-state index in [9.17, 15) is 24.3 Å². The van der Waals surface area contributed by atoms with Crippen LogP contribution in [0.5, 0.6) is 0 Å². The molecule has 0 radical (unpaired) electrons. The number of benzene rings is 1. The third-order valence-corrected chi connectivity index (χ3v) is 7.08. The number of carbonyl (C=O) groups excluding carboxylic acids is 1. The van der Waals surface area contributed by atoms with Gasteiger partial charge in [0.05, 0.1) is 24.5 Å². The van der Waals surface area contributed by atoms with Crippen molar-refractivity contribution in [1.29, 1.82) is 0 Å². The van der Waals surface area contributed by atoms with E-state index in [1.165, 1.54) is 11.5 Å². The molecule has 36 heavy (non-hydrogen) atoms. The molecule has 1 aromatic carbocycles. The van der Waals surface area contributed by atoms with Crippen molar-refractivity contribution in [3.63, 3.8) is 0 Å². The van der Waals surface area contributed by atoms with Crippen LogP contribution in [0.4, 0.5) is 0 Å². The Bertz CT molecular complexity index is 1350. The van der Waals surface area contributed by atoms with E-state index in [0.29, 0.717) is 12.2 Å². The number of hydrogen-bond donors (Lipinski definition) is 1. The third-order valence-electron chi connectivity index (χ3n) is 5.78. The summed E-state index contributed by atoms with van der Waals surface area (Å²) in [5.74, 6) is -2.33. The first-order chi connectivity index (χ1) is 17.1. The minimum Gasteiger partial charge on any atom is -0.481 e. The van der Waals surface area contributed by atoms with E-state index in [1.54, 1.807) is 13.8 Å². The molecule has 10 heteroatoms. The Morgan fingerprint density at radius 1 is 1.06 bits per heavy atom. The fraction of sp³-hybridized carbons (Fsp3) is 0.462. The highest BCUT2D eigenvalue weighted by Gasteiger charge is 2.27. The van der Waals surface area contributed by atoms with E-state index < -0.39 is 35.2 Å². The molecule has 2 heterocycles. The molecule has 1 unspecified atom stereocenters. The van der Waals surface area contributed by atoms with Gasteiger partial charge in [0, 0.05) is 13.2 Å². The molecule has 0 bridgehead atoms. The van der Waals surface area contributed by atoms with Crippen LogP contribution in [0.2, 0.25) is 0 Å². The number of aliphatic carboxylic acids is 1. The van der Waals surface area contributed by atoms with Crippen LogP contribution in [0, 0.1) is 18.8 Å². The predicted molar refractivity (Wildman–Crippen MR) is 138 cm³/mol. The molecule has 3 rings (SSSR count). The molecule has 0 aliphatic rings. The van der Waals surface area contributed by atoms with Gasteiger partial charge in [-0.3, -0.25) is 18.7 Å². The molecule has 0 amide bonds. The van der Waals surface area contributed by atoms with Gasteiger partial charge in [-0.1, -0.05) is 51.1 Å². The summed E-state index contributed by atoms with van der Waals surface area (Å²) in [6, 6.07) is 9.32. The number of fused-ring (bicyclic) bond motifs is 1. The van der Waals surface area contributed by atoms with Crippen LogP contribution < -0.4 is 11.2 Å². The normalized spacial score (nSPS) is 13.2. The Morgan fingerprint density at radius 2 is 1.72 bits per heavy atom. The number of carbonyl (C=O) groups is 2. The Balaban J connectivity index is 2.24. The fourth-order valence-corrected chi connectivity index (χ4v) is 5.05. The van der Waals surface area contributed by atoms with Crippen LogP contribution in [0.1, 0.15) is 54.6 Å². The van der Waals surface area contributed by atoms with Gasteiger partial charge < -0.3 is 14.6 Å². The minimum absolute atomic E-state index is 0.0597. The van der Waals surface area contributed by atoms with Crippen LogP contribution in [0.3, 0.4) is 0 Å².